The third-order valence-corrected chi connectivity index (χ3v) is 3.44. The zero-order chi connectivity index (χ0) is 13.5. The van der Waals surface area contributed by atoms with Crippen molar-refractivity contribution < 1.29 is 14.3 Å². The van der Waals surface area contributed by atoms with Gasteiger partial charge < -0.3 is 14.8 Å². The number of carbonyl (C=O) groups excluding carboxylic acids is 1. The zero-order valence-corrected chi connectivity index (χ0v) is 12.4. The second kappa shape index (κ2) is 7.26. The maximum atomic E-state index is 11.7. The van der Waals surface area contributed by atoms with Crippen LogP contribution in [0.5, 0.6) is 11.5 Å². The molecule has 0 heterocycles. The summed E-state index contributed by atoms with van der Waals surface area (Å²) in [4.78, 5) is 11.5. The molecule has 0 aliphatic carbocycles. The lowest BCUT2D eigenvalue weighted by Crippen LogP contribution is -2.21. The minimum atomic E-state index is -0.185. The molecule has 0 aliphatic rings. The van der Waals surface area contributed by atoms with E-state index < -0.39 is 0 Å². The van der Waals surface area contributed by atoms with Crippen LogP contribution in [0.3, 0.4) is 0 Å². The average Bonchev–Trinajstić information content (AvgIpc) is 2.39. The molecule has 1 aromatic rings. The molecule has 0 bridgehead atoms. The van der Waals surface area contributed by atoms with Crippen LogP contribution in [0, 0.1) is 0 Å². The van der Waals surface area contributed by atoms with Gasteiger partial charge in [0.25, 0.3) is 0 Å². The summed E-state index contributed by atoms with van der Waals surface area (Å²) in [5.74, 6) is 1.21. The Labute approximate surface area is 116 Å². The summed E-state index contributed by atoms with van der Waals surface area (Å²) < 4.78 is 10.6. The van der Waals surface area contributed by atoms with E-state index >= 15 is 0 Å². The molecule has 0 fully saturated rings. The van der Waals surface area contributed by atoms with E-state index in [1.165, 1.54) is 0 Å². The van der Waals surface area contributed by atoms with E-state index in [-0.39, 0.29) is 10.7 Å². The first-order valence-corrected chi connectivity index (χ1v) is 6.79. The van der Waals surface area contributed by atoms with Crippen LogP contribution in [0.15, 0.2) is 18.2 Å². The Morgan fingerprint density at radius 2 is 2.11 bits per heavy atom. The largest absolute Gasteiger partial charge is 0.493 e. The molecule has 0 saturated heterocycles. The van der Waals surface area contributed by atoms with Gasteiger partial charge in [0.15, 0.2) is 11.5 Å². The van der Waals surface area contributed by atoms with Crippen molar-refractivity contribution in [1.29, 1.82) is 0 Å². The predicted molar refractivity (Wildman–Crippen MR) is 75.8 cm³/mol. The highest BCUT2D eigenvalue weighted by molar-refractivity contribution is 9.10. The Morgan fingerprint density at radius 1 is 1.39 bits per heavy atom. The van der Waals surface area contributed by atoms with E-state index in [9.17, 15) is 4.79 Å². The van der Waals surface area contributed by atoms with Crippen molar-refractivity contribution in [2.75, 3.05) is 19.0 Å². The number of methoxy groups -OCH3 is 1. The number of anilines is 1. The molecule has 1 amide bonds. The first kappa shape index (κ1) is 14.8. The molecule has 1 atom stereocenters. The first-order valence-electron chi connectivity index (χ1n) is 5.88. The van der Waals surface area contributed by atoms with Gasteiger partial charge in [-0.2, -0.15) is 0 Å². The minimum absolute atomic E-state index is 0.0660. The molecule has 0 radical (unpaired) electrons. The molecule has 0 aromatic heterocycles. The van der Waals surface area contributed by atoms with Crippen molar-refractivity contribution >= 4 is 27.5 Å². The number of rotatable bonds is 6. The Hall–Kier alpha value is -1.23. The molecule has 1 aromatic carbocycles. The summed E-state index contributed by atoms with van der Waals surface area (Å²) in [5.41, 5.74) is 0.693. The van der Waals surface area contributed by atoms with Gasteiger partial charge in [-0.1, -0.05) is 22.9 Å². The smallest absolute Gasteiger partial charge is 0.238 e. The lowest BCUT2D eigenvalue weighted by molar-refractivity contribution is -0.115. The molecule has 1 N–H and O–H groups in total. The van der Waals surface area contributed by atoms with Crippen LogP contribution >= 0.6 is 15.9 Å². The minimum Gasteiger partial charge on any atom is -0.493 e. The van der Waals surface area contributed by atoms with Crippen LogP contribution in [0.4, 0.5) is 5.69 Å². The number of halogens is 1. The maximum Gasteiger partial charge on any atom is 0.238 e. The van der Waals surface area contributed by atoms with Crippen LogP contribution in [0.2, 0.25) is 0 Å². The number of ether oxygens (including phenoxy) is 2. The van der Waals surface area contributed by atoms with E-state index in [0.29, 0.717) is 23.8 Å². The van der Waals surface area contributed by atoms with Crippen LogP contribution in [0.25, 0.3) is 0 Å². The monoisotopic (exact) mass is 315 g/mol. The van der Waals surface area contributed by atoms with Crippen molar-refractivity contribution in [3.8, 4) is 11.5 Å². The summed E-state index contributed by atoms with van der Waals surface area (Å²) >= 11 is 3.31. The highest BCUT2D eigenvalue weighted by atomic mass is 79.9. The number of amides is 1. The van der Waals surface area contributed by atoms with Crippen molar-refractivity contribution in [2.24, 2.45) is 0 Å². The van der Waals surface area contributed by atoms with Crippen molar-refractivity contribution in [2.45, 2.75) is 25.1 Å². The Morgan fingerprint density at radius 3 is 2.67 bits per heavy atom. The normalized spacial score (nSPS) is 11.8. The number of alkyl halides is 1. The number of benzene rings is 1. The van der Waals surface area contributed by atoms with Crippen LogP contribution in [0.1, 0.15) is 20.3 Å². The fourth-order valence-corrected chi connectivity index (χ4v) is 1.54. The van der Waals surface area contributed by atoms with Crippen molar-refractivity contribution in [1.82, 2.24) is 0 Å². The van der Waals surface area contributed by atoms with Crippen LogP contribution in [-0.2, 0) is 4.79 Å². The fourth-order valence-electron chi connectivity index (χ4n) is 1.43. The standard InChI is InChI=1S/C13H18BrNO3/c1-4-10(14)13(16)15-9-6-7-11(18-5-2)12(8-9)17-3/h6-8,10H,4-5H2,1-3H3,(H,15,16). The Bertz CT molecular complexity index is 409. The zero-order valence-electron chi connectivity index (χ0n) is 10.8. The summed E-state index contributed by atoms with van der Waals surface area (Å²) in [7, 11) is 1.57. The molecular formula is C13H18BrNO3. The molecule has 0 aliphatic heterocycles. The van der Waals surface area contributed by atoms with Crippen molar-refractivity contribution in [3.05, 3.63) is 18.2 Å². The molecule has 100 valence electrons. The maximum absolute atomic E-state index is 11.7. The topological polar surface area (TPSA) is 47.6 Å². The van der Waals surface area contributed by atoms with Crippen molar-refractivity contribution in [3.63, 3.8) is 0 Å². The van der Waals surface area contributed by atoms with Gasteiger partial charge in [0.05, 0.1) is 18.5 Å². The second-order valence-electron chi connectivity index (χ2n) is 3.66. The van der Waals surface area contributed by atoms with Gasteiger partial charge in [-0.3, -0.25) is 4.79 Å². The quantitative estimate of drug-likeness (QED) is 0.820. The van der Waals surface area contributed by atoms with Gasteiger partial charge in [-0.25, -0.2) is 0 Å². The third-order valence-electron chi connectivity index (χ3n) is 2.37. The lowest BCUT2D eigenvalue weighted by Gasteiger charge is -2.13. The predicted octanol–water partition coefficient (Wildman–Crippen LogP) is 3.21. The molecule has 1 rings (SSSR count). The Kier molecular flexibility index (Phi) is 5.98. The average molecular weight is 316 g/mol. The SMILES string of the molecule is CCOc1ccc(NC(=O)C(Br)CC)cc1OC. The van der Waals surface area contributed by atoms with Gasteiger partial charge in [0, 0.05) is 11.8 Å². The summed E-state index contributed by atoms with van der Waals surface area (Å²) in [6, 6.07) is 5.33. The van der Waals surface area contributed by atoms with Gasteiger partial charge in [0.1, 0.15) is 0 Å². The summed E-state index contributed by atoms with van der Waals surface area (Å²) in [5, 5.41) is 2.82. The van der Waals surface area contributed by atoms with Crippen LogP contribution < -0.4 is 14.8 Å². The van der Waals surface area contributed by atoms with Crippen LogP contribution in [-0.4, -0.2) is 24.5 Å². The highest BCUT2D eigenvalue weighted by Crippen LogP contribution is 2.30. The van der Waals surface area contributed by atoms with E-state index in [4.69, 9.17) is 9.47 Å². The van der Waals surface area contributed by atoms with Gasteiger partial charge in [0.2, 0.25) is 5.91 Å². The molecule has 0 saturated carbocycles. The molecule has 5 heteroatoms. The van der Waals surface area contributed by atoms with Gasteiger partial charge in [-0.15, -0.1) is 0 Å². The van der Waals surface area contributed by atoms with Gasteiger partial charge in [-0.05, 0) is 25.5 Å². The molecule has 18 heavy (non-hydrogen) atoms. The summed E-state index contributed by atoms with van der Waals surface area (Å²) in [6.07, 6.45) is 0.736. The number of hydrogen-bond acceptors (Lipinski definition) is 3. The van der Waals surface area contributed by atoms with E-state index in [1.54, 1.807) is 25.3 Å². The third kappa shape index (κ3) is 3.91. The molecule has 1 unspecified atom stereocenters. The number of nitrogens with one attached hydrogen (secondary N) is 1. The highest BCUT2D eigenvalue weighted by Gasteiger charge is 2.13. The molecule has 0 spiro atoms. The molecule has 4 nitrogen and oxygen atoms in total. The van der Waals surface area contributed by atoms with E-state index in [0.717, 1.165) is 6.42 Å². The van der Waals surface area contributed by atoms with E-state index in [1.807, 2.05) is 13.8 Å². The summed E-state index contributed by atoms with van der Waals surface area (Å²) in [6.45, 7) is 4.42. The number of hydrogen-bond donors (Lipinski definition) is 1. The molecular weight excluding hydrogens is 298 g/mol. The number of carbonyl (C=O) groups is 1. The van der Waals surface area contributed by atoms with E-state index in [2.05, 4.69) is 21.2 Å². The Balaban J connectivity index is 2.82. The lowest BCUT2D eigenvalue weighted by atomic mass is 10.2. The second-order valence-corrected chi connectivity index (χ2v) is 4.77. The first-order chi connectivity index (χ1) is 8.62. The van der Waals surface area contributed by atoms with Gasteiger partial charge >= 0.3 is 0 Å². The fraction of sp³-hybridized carbons (Fsp3) is 0.462.